The van der Waals surface area contributed by atoms with E-state index in [0.717, 1.165) is 22.3 Å². The lowest BCUT2D eigenvalue weighted by atomic mass is 10.1. The Morgan fingerprint density at radius 1 is 1.00 bits per heavy atom. The number of fused-ring (bicyclic) bond motifs is 1. The van der Waals surface area contributed by atoms with E-state index in [4.69, 9.17) is 4.98 Å². The summed E-state index contributed by atoms with van der Waals surface area (Å²) in [5.74, 6) is 0.615. The number of nitrogens with one attached hydrogen (secondary N) is 2. The van der Waals surface area contributed by atoms with Gasteiger partial charge in [0.15, 0.2) is 0 Å². The van der Waals surface area contributed by atoms with Crippen LogP contribution < -0.4 is 5.32 Å². The van der Waals surface area contributed by atoms with Gasteiger partial charge in [0.1, 0.15) is 5.82 Å². The predicted molar refractivity (Wildman–Crippen MR) is 131 cm³/mol. The summed E-state index contributed by atoms with van der Waals surface area (Å²) in [7, 11) is -3.67. The van der Waals surface area contributed by atoms with Crippen LogP contribution in [0.5, 0.6) is 0 Å². The Balaban J connectivity index is 0.00000153. The highest BCUT2D eigenvalue weighted by Gasteiger charge is 2.36. The summed E-state index contributed by atoms with van der Waals surface area (Å²) in [6.45, 7) is 3.29. The SMILES string of the molecule is Cc1nc(C2CNCCN2S(=O)(=O)c2ccccc2)c2[nH]c(-c3ccccc3)cc2n1.Cl.O. The van der Waals surface area contributed by atoms with Crippen LogP contribution in [0, 0.1) is 6.92 Å². The van der Waals surface area contributed by atoms with E-state index < -0.39 is 16.1 Å². The highest BCUT2D eigenvalue weighted by molar-refractivity contribution is 7.89. The number of halogens is 1. The number of hydrogen-bond acceptors (Lipinski definition) is 5. The molecule has 2 aromatic heterocycles. The van der Waals surface area contributed by atoms with Crippen molar-refractivity contribution in [3.05, 3.63) is 78.2 Å². The van der Waals surface area contributed by atoms with Crippen LogP contribution in [0.1, 0.15) is 17.6 Å². The van der Waals surface area contributed by atoms with Gasteiger partial charge in [0.2, 0.25) is 10.0 Å². The van der Waals surface area contributed by atoms with Crippen LogP contribution in [0.2, 0.25) is 0 Å². The molecule has 3 heterocycles. The second-order valence-corrected chi connectivity index (χ2v) is 9.50. The molecule has 8 nitrogen and oxygen atoms in total. The second kappa shape index (κ2) is 9.98. The fraction of sp³-hybridized carbons (Fsp3) is 0.217. The smallest absolute Gasteiger partial charge is 0.243 e. The summed E-state index contributed by atoms with van der Waals surface area (Å²) in [5.41, 5.74) is 4.21. The number of aromatic amines is 1. The Hall–Kier alpha value is -2.82. The van der Waals surface area contributed by atoms with Crippen molar-refractivity contribution in [2.45, 2.75) is 17.9 Å². The number of aromatic nitrogens is 3. The van der Waals surface area contributed by atoms with Crippen molar-refractivity contribution in [3.8, 4) is 11.3 Å². The quantitative estimate of drug-likeness (QED) is 0.458. The lowest BCUT2D eigenvalue weighted by Crippen LogP contribution is -2.49. The Bertz CT molecular complexity index is 1330. The molecule has 4 N–H and O–H groups in total. The molecule has 174 valence electrons. The number of benzene rings is 2. The summed E-state index contributed by atoms with van der Waals surface area (Å²) < 4.78 is 28.5. The van der Waals surface area contributed by atoms with Crippen LogP contribution in [0.15, 0.2) is 71.6 Å². The van der Waals surface area contributed by atoms with Crippen molar-refractivity contribution in [2.24, 2.45) is 0 Å². The molecule has 33 heavy (non-hydrogen) atoms. The molecule has 0 aliphatic carbocycles. The van der Waals surface area contributed by atoms with Crippen LogP contribution in [-0.4, -0.2) is 52.8 Å². The molecular formula is C23H26ClN5O3S. The lowest BCUT2D eigenvalue weighted by Gasteiger charge is -2.35. The maximum atomic E-state index is 13.5. The molecule has 1 aliphatic rings. The third-order valence-corrected chi connectivity index (χ3v) is 7.48. The van der Waals surface area contributed by atoms with Gasteiger partial charge < -0.3 is 15.8 Å². The molecule has 5 rings (SSSR count). The van der Waals surface area contributed by atoms with Crippen LogP contribution in [0.3, 0.4) is 0 Å². The Labute approximate surface area is 198 Å². The normalized spacial score (nSPS) is 16.7. The molecule has 1 atom stereocenters. The van der Waals surface area contributed by atoms with E-state index in [1.165, 1.54) is 0 Å². The topological polar surface area (TPSA) is 122 Å². The zero-order chi connectivity index (χ0) is 21.4. The predicted octanol–water partition coefficient (Wildman–Crippen LogP) is 2.87. The molecule has 1 saturated heterocycles. The standard InChI is InChI=1S/C23H23N5O2S.ClH.H2O/c1-16-25-20-14-19(17-8-4-2-5-9-17)27-22(20)23(26-16)21-15-24-12-13-28(21)31(29,30)18-10-6-3-7-11-18;;/h2-11,14,21,24,27H,12-13,15H2,1H3;1H;1H2. The van der Waals surface area contributed by atoms with Crippen molar-refractivity contribution in [2.75, 3.05) is 19.6 Å². The van der Waals surface area contributed by atoms with Gasteiger partial charge >= 0.3 is 0 Å². The van der Waals surface area contributed by atoms with E-state index >= 15 is 0 Å². The van der Waals surface area contributed by atoms with Gasteiger partial charge in [-0.05, 0) is 30.7 Å². The third kappa shape index (κ3) is 4.64. The molecule has 1 aliphatic heterocycles. The lowest BCUT2D eigenvalue weighted by molar-refractivity contribution is 0.268. The zero-order valence-corrected chi connectivity index (χ0v) is 19.7. The van der Waals surface area contributed by atoms with E-state index in [9.17, 15) is 8.42 Å². The first kappa shape index (κ1) is 24.8. The number of piperazine rings is 1. The molecule has 0 bridgehead atoms. The van der Waals surface area contributed by atoms with Crippen molar-refractivity contribution < 1.29 is 13.9 Å². The Kier molecular flexibility index (Phi) is 7.51. The molecule has 2 aromatic carbocycles. The van der Waals surface area contributed by atoms with Crippen molar-refractivity contribution in [1.82, 2.24) is 24.6 Å². The van der Waals surface area contributed by atoms with Gasteiger partial charge in [-0.25, -0.2) is 18.4 Å². The van der Waals surface area contributed by atoms with Gasteiger partial charge in [0.25, 0.3) is 0 Å². The molecule has 0 spiro atoms. The molecule has 4 aromatic rings. The number of aryl methyl sites for hydroxylation is 1. The van der Waals surface area contributed by atoms with Crippen LogP contribution in [0.4, 0.5) is 0 Å². The third-order valence-electron chi connectivity index (χ3n) is 5.56. The van der Waals surface area contributed by atoms with Gasteiger partial charge in [0.05, 0.1) is 27.7 Å². The Morgan fingerprint density at radius 2 is 1.67 bits per heavy atom. The number of hydrogen-bond donors (Lipinski definition) is 2. The average Bonchev–Trinajstić information content (AvgIpc) is 3.24. The van der Waals surface area contributed by atoms with Crippen molar-refractivity contribution >= 4 is 33.5 Å². The average molecular weight is 488 g/mol. The highest BCUT2D eigenvalue weighted by Crippen LogP contribution is 2.33. The monoisotopic (exact) mass is 487 g/mol. The molecule has 1 fully saturated rings. The van der Waals surface area contributed by atoms with Crippen molar-refractivity contribution in [1.29, 1.82) is 0 Å². The van der Waals surface area contributed by atoms with Crippen LogP contribution in [0.25, 0.3) is 22.3 Å². The molecule has 0 saturated carbocycles. The largest absolute Gasteiger partial charge is 0.412 e. The van der Waals surface area contributed by atoms with Gasteiger partial charge in [-0.1, -0.05) is 48.5 Å². The van der Waals surface area contributed by atoms with Gasteiger partial charge in [0, 0.05) is 25.3 Å². The van der Waals surface area contributed by atoms with E-state index in [-0.39, 0.29) is 17.9 Å². The van der Waals surface area contributed by atoms with Crippen molar-refractivity contribution in [3.63, 3.8) is 0 Å². The second-order valence-electron chi connectivity index (χ2n) is 7.61. The minimum absolute atomic E-state index is 0. The maximum absolute atomic E-state index is 13.5. The summed E-state index contributed by atoms with van der Waals surface area (Å²) in [5, 5.41) is 3.33. The van der Waals surface area contributed by atoms with E-state index in [0.29, 0.717) is 36.0 Å². The van der Waals surface area contributed by atoms with Gasteiger partial charge in [-0.2, -0.15) is 4.31 Å². The van der Waals surface area contributed by atoms with E-state index in [1.807, 2.05) is 49.4 Å². The summed E-state index contributed by atoms with van der Waals surface area (Å²) in [4.78, 5) is 13.0. The van der Waals surface area contributed by atoms with E-state index in [2.05, 4.69) is 15.3 Å². The summed E-state index contributed by atoms with van der Waals surface area (Å²) >= 11 is 0. The number of H-pyrrole nitrogens is 1. The van der Waals surface area contributed by atoms with Gasteiger partial charge in [-0.15, -0.1) is 12.4 Å². The molecule has 0 radical (unpaired) electrons. The Morgan fingerprint density at radius 3 is 2.36 bits per heavy atom. The summed E-state index contributed by atoms with van der Waals surface area (Å²) in [6, 6.07) is 20.1. The van der Waals surface area contributed by atoms with E-state index in [1.54, 1.807) is 28.6 Å². The first-order valence-corrected chi connectivity index (χ1v) is 11.7. The molecule has 10 heteroatoms. The van der Waals surface area contributed by atoms with Crippen LogP contribution in [-0.2, 0) is 10.0 Å². The maximum Gasteiger partial charge on any atom is 0.243 e. The number of rotatable bonds is 4. The fourth-order valence-electron chi connectivity index (χ4n) is 4.11. The minimum atomic E-state index is -3.67. The fourth-order valence-corrected chi connectivity index (χ4v) is 5.72. The van der Waals surface area contributed by atoms with Crippen LogP contribution >= 0.6 is 12.4 Å². The molecular weight excluding hydrogens is 462 g/mol. The highest BCUT2D eigenvalue weighted by atomic mass is 35.5. The van der Waals surface area contributed by atoms with Gasteiger partial charge in [-0.3, -0.25) is 0 Å². The molecule has 1 unspecified atom stereocenters. The minimum Gasteiger partial charge on any atom is -0.412 e. The zero-order valence-electron chi connectivity index (χ0n) is 18.0. The summed E-state index contributed by atoms with van der Waals surface area (Å²) in [6.07, 6.45) is 0. The molecule has 0 amide bonds. The first-order valence-electron chi connectivity index (χ1n) is 10.2. The number of nitrogens with zero attached hydrogens (tertiary/aromatic N) is 3. The number of sulfonamides is 1. The first-order chi connectivity index (χ1) is 15.0.